The minimum absolute atomic E-state index is 0.111. The average Bonchev–Trinajstić information content (AvgIpc) is 2.46. The summed E-state index contributed by atoms with van der Waals surface area (Å²) < 4.78 is 5.72. The number of hydrogen-bond donors (Lipinski definition) is 1. The molecule has 0 aromatic rings. The van der Waals surface area contributed by atoms with Crippen molar-refractivity contribution in [3.63, 3.8) is 0 Å². The Balaban J connectivity index is 1.95. The Bertz CT molecular complexity index is 512. The number of ether oxygens (including phenoxy) is 1. The van der Waals surface area contributed by atoms with E-state index in [4.69, 9.17) is 10.00 Å². The molecule has 0 bridgehead atoms. The lowest BCUT2D eigenvalue weighted by atomic mass is 9.87. The SMILES string of the molecule is CC1=C/C(=C\CCC#N)C=C(/C=C/C2CCC(O)CC2)O1. The van der Waals surface area contributed by atoms with Gasteiger partial charge in [0.1, 0.15) is 11.5 Å². The smallest absolute Gasteiger partial charge is 0.127 e. The average molecular weight is 285 g/mol. The van der Waals surface area contributed by atoms with Crippen molar-refractivity contribution >= 4 is 0 Å². The second-order valence-corrected chi connectivity index (χ2v) is 5.73. The van der Waals surface area contributed by atoms with Crippen molar-refractivity contribution in [3.05, 3.63) is 47.5 Å². The van der Waals surface area contributed by atoms with Gasteiger partial charge in [0, 0.05) is 6.42 Å². The van der Waals surface area contributed by atoms with Gasteiger partial charge in [0.15, 0.2) is 0 Å². The van der Waals surface area contributed by atoms with Gasteiger partial charge in [-0.3, -0.25) is 0 Å². The molecule has 3 nitrogen and oxygen atoms in total. The Hall–Kier alpha value is -1.79. The zero-order valence-electron chi connectivity index (χ0n) is 12.6. The van der Waals surface area contributed by atoms with Crippen LogP contribution in [0.15, 0.2) is 47.5 Å². The van der Waals surface area contributed by atoms with Crippen LogP contribution >= 0.6 is 0 Å². The van der Waals surface area contributed by atoms with E-state index in [1.165, 1.54) is 0 Å². The maximum absolute atomic E-state index is 9.52. The lowest BCUT2D eigenvalue weighted by molar-refractivity contribution is 0.118. The highest BCUT2D eigenvalue weighted by molar-refractivity contribution is 5.39. The first-order valence-corrected chi connectivity index (χ1v) is 7.68. The van der Waals surface area contributed by atoms with Crippen LogP contribution in [0, 0.1) is 17.2 Å². The highest BCUT2D eigenvalue weighted by Crippen LogP contribution is 2.27. The summed E-state index contributed by atoms with van der Waals surface area (Å²) in [5, 5.41) is 18.1. The van der Waals surface area contributed by atoms with Gasteiger partial charge in [-0.15, -0.1) is 0 Å². The predicted molar refractivity (Wildman–Crippen MR) is 83.0 cm³/mol. The molecule has 0 aromatic carbocycles. The third-order valence-electron chi connectivity index (χ3n) is 3.87. The van der Waals surface area contributed by atoms with Crippen LogP contribution in [0.2, 0.25) is 0 Å². The molecule has 1 saturated carbocycles. The summed E-state index contributed by atoms with van der Waals surface area (Å²) in [4.78, 5) is 0. The van der Waals surface area contributed by atoms with Gasteiger partial charge in [-0.05, 0) is 68.7 Å². The van der Waals surface area contributed by atoms with E-state index in [0.29, 0.717) is 12.3 Å². The van der Waals surface area contributed by atoms with Gasteiger partial charge in [-0.2, -0.15) is 5.26 Å². The maximum Gasteiger partial charge on any atom is 0.127 e. The molecule has 2 rings (SSSR count). The fourth-order valence-electron chi connectivity index (χ4n) is 2.71. The van der Waals surface area contributed by atoms with Crippen LogP contribution in [0.3, 0.4) is 0 Å². The quantitative estimate of drug-likeness (QED) is 0.790. The van der Waals surface area contributed by atoms with Crippen molar-refractivity contribution in [2.24, 2.45) is 5.92 Å². The number of nitriles is 1. The molecule has 1 fully saturated rings. The van der Waals surface area contributed by atoms with Gasteiger partial charge in [0.25, 0.3) is 0 Å². The summed E-state index contributed by atoms with van der Waals surface area (Å²) in [6.45, 7) is 1.94. The van der Waals surface area contributed by atoms with Crippen LogP contribution in [-0.2, 0) is 4.74 Å². The molecule has 0 unspecified atom stereocenters. The van der Waals surface area contributed by atoms with Crippen LogP contribution in [-0.4, -0.2) is 11.2 Å². The van der Waals surface area contributed by atoms with Gasteiger partial charge in [0.05, 0.1) is 12.2 Å². The standard InChI is InChI=1S/C18H23NO2/c1-14-12-16(4-2-3-11-19)13-18(21-14)10-7-15-5-8-17(20)9-6-15/h4,7,10,12-13,15,17,20H,2-3,5-6,8-9H2,1H3/b10-7+,16-4+. The number of hydrogen-bond acceptors (Lipinski definition) is 3. The zero-order chi connectivity index (χ0) is 15.1. The summed E-state index contributed by atoms with van der Waals surface area (Å²) in [5.74, 6) is 2.26. The van der Waals surface area contributed by atoms with Crippen molar-refractivity contribution in [1.82, 2.24) is 0 Å². The van der Waals surface area contributed by atoms with E-state index in [-0.39, 0.29) is 6.10 Å². The molecule has 0 spiro atoms. The van der Waals surface area contributed by atoms with Gasteiger partial charge >= 0.3 is 0 Å². The highest BCUT2D eigenvalue weighted by atomic mass is 16.5. The highest BCUT2D eigenvalue weighted by Gasteiger charge is 2.17. The zero-order valence-corrected chi connectivity index (χ0v) is 12.6. The number of nitrogens with zero attached hydrogens (tertiary/aromatic N) is 1. The molecule has 3 heteroatoms. The Labute approximate surface area is 126 Å². The van der Waals surface area contributed by atoms with Gasteiger partial charge < -0.3 is 9.84 Å². The van der Waals surface area contributed by atoms with E-state index in [9.17, 15) is 5.11 Å². The Morgan fingerprint density at radius 3 is 2.81 bits per heavy atom. The van der Waals surface area contributed by atoms with Crippen molar-refractivity contribution in [2.75, 3.05) is 0 Å². The summed E-state index contributed by atoms with van der Waals surface area (Å²) in [7, 11) is 0. The van der Waals surface area contributed by atoms with E-state index in [0.717, 1.165) is 49.2 Å². The molecule has 1 heterocycles. The third-order valence-corrected chi connectivity index (χ3v) is 3.87. The first kappa shape index (κ1) is 15.6. The largest absolute Gasteiger partial charge is 0.462 e. The molecule has 21 heavy (non-hydrogen) atoms. The van der Waals surface area contributed by atoms with E-state index in [2.05, 4.69) is 18.2 Å². The third kappa shape index (κ3) is 5.24. The maximum atomic E-state index is 9.52. The molecule has 112 valence electrons. The predicted octanol–water partition coefficient (Wildman–Crippen LogP) is 4.14. The van der Waals surface area contributed by atoms with E-state index in [1.54, 1.807) is 0 Å². The fourth-order valence-corrected chi connectivity index (χ4v) is 2.71. The summed E-state index contributed by atoms with van der Waals surface area (Å²) in [6.07, 6.45) is 15.4. The summed E-state index contributed by atoms with van der Waals surface area (Å²) >= 11 is 0. The van der Waals surface area contributed by atoms with E-state index in [1.807, 2.05) is 25.2 Å². The summed E-state index contributed by atoms with van der Waals surface area (Å²) in [6, 6.07) is 2.15. The molecule has 0 atom stereocenters. The van der Waals surface area contributed by atoms with Crippen molar-refractivity contribution in [1.29, 1.82) is 5.26 Å². The fraction of sp³-hybridized carbons (Fsp3) is 0.500. The molecule has 1 aliphatic heterocycles. The Kier molecular flexibility index (Phi) is 5.83. The molecule has 0 aromatic heterocycles. The van der Waals surface area contributed by atoms with E-state index >= 15 is 0 Å². The molecule has 0 amide bonds. The van der Waals surface area contributed by atoms with Crippen LogP contribution in [0.25, 0.3) is 0 Å². The molecule has 2 aliphatic rings. The van der Waals surface area contributed by atoms with Crippen LogP contribution < -0.4 is 0 Å². The number of unbranched alkanes of at least 4 members (excludes halogenated alkanes) is 1. The first-order valence-electron chi connectivity index (χ1n) is 7.68. The monoisotopic (exact) mass is 285 g/mol. The van der Waals surface area contributed by atoms with Gasteiger partial charge in [-0.25, -0.2) is 0 Å². The Morgan fingerprint density at radius 1 is 1.33 bits per heavy atom. The lowest BCUT2D eigenvalue weighted by Crippen LogP contribution is -2.16. The first-order chi connectivity index (χ1) is 10.2. The number of allylic oxidation sites excluding steroid dienone is 7. The number of aliphatic hydroxyl groups is 1. The minimum Gasteiger partial charge on any atom is -0.462 e. The van der Waals surface area contributed by atoms with Crippen LogP contribution in [0.4, 0.5) is 0 Å². The molecular formula is C18H23NO2. The molecule has 0 radical (unpaired) electrons. The van der Waals surface area contributed by atoms with Crippen molar-refractivity contribution < 1.29 is 9.84 Å². The van der Waals surface area contributed by atoms with Crippen molar-refractivity contribution in [3.8, 4) is 6.07 Å². The van der Waals surface area contributed by atoms with Crippen LogP contribution in [0.5, 0.6) is 0 Å². The van der Waals surface area contributed by atoms with E-state index < -0.39 is 0 Å². The topological polar surface area (TPSA) is 53.2 Å². The summed E-state index contributed by atoms with van der Waals surface area (Å²) in [5.41, 5.74) is 1.10. The van der Waals surface area contributed by atoms with Gasteiger partial charge in [-0.1, -0.05) is 12.2 Å². The second-order valence-electron chi connectivity index (χ2n) is 5.73. The number of aliphatic hydroxyl groups excluding tert-OH is 1. The van der Waals surface area contributed by atoms with Crippen LogP contribution in [0.1, 0.15) is 45.4 Å². The molecule has 0 saturated heterocycles. The molecule has 1 aliphatic carbocycles. The Morgan fingerprint density at radius 2 is 2.10 bits per heavy atom. The van der Waals surface area contributed by atoms with Crippen molar-refractivity contribution in [2.45, 2.75) is 51.6 Å². The lowest BCUT2D eigenvalue weighted by Gasteiger charge is -2.23. The molecular weight excluding hydrogens is 262 g/mol. The molecule has 1 N–H and O–H groups in total. The normalized spacial score (nSPS) is 28.0. The minimum atomic E-state index is -0.111. The number of rotatable bonds is 4. The van der Waals surface area contributed by atoms with Gasteiger partial charge in [0.2, 0.25) is 0 Å². The second kappa shape index (κ2) is 7.85.